The average molecular weight is 288 g/mol. The molecule has 7 heteroatoms. The van der Waals surface area contributed by atoms with Crippen LogP contribution in [-0.2, 0) is 14.3 Å². The highest BCUT2D eigenvalue weighted by Gasteiger charge is 2.28. The van der Waals surface area contributed by atoms with E-state index < -0.39 is 12.0 Å². The second-order valence-electron chi connectivity index (χ2n) is 4.72. The molecule has 0 spiro atoms. The van der Waals surface area contributed by atoms with E-state index in [0.29, 0.717) is 32.9 Å². The number of nitrogens with one attached hydrogen (secondary N) is 1. The Morgan fingerprint density at radius 1 is 1.45 bits per heavy atom. The van der Waals surface area contributed by atoms with Crippen LogP contribution in [0.4, 0.5) is 4.79 Å². The number of aliphatic carboxylic acids is 1. The molecule has 1 rings (SSSR count). The molecule has 0 saturated carbocycles. The minimum atomic E-state index is -0.929. The molecular formula is C13H24N2O5. The van der Waals surface area contributed by atoms with Gasteiger partial charge in [0.25, 0.3) is 0 Å². The van der Waals surface area contributed by atoms with Gasteiger partial charge < -0.3 is 24.8 Å². The summed E-state index contributed by atoms with van der Waals surface area (Å²) in [4.78, 5) is 24.3. The summed E-state index contributed by atoms with van der Waals surface area (Å²) in [6, 6.07) is -0.652. The van der Waals surface area contributed by atoms with E-state index in [4.69, 9.17) is 14.6 Å². The van der Waals surface area contributed by atoms with Gasteiger partial charge in [-0.05, 0) is 6.42 Å². The standard InChI is InChI=1S/C13H24N2O5/c1-2-3-6-19-7-4-14-13(18)15-5-8-20-10-11(15)9-12(16)17/h11H,2-10H2,1H3,(H,14,18)(H,16,17). The molecule has 0 aromatic rings. The first kappa shape index (κ1) is 16.7. The second kappa shape index (κ2) is 9.55. The smallest absolute Gasteiger partial charge is 0.317 e. The molecule has 0 radical (unpaired) electrons. The van der Waals surface area contributed by atoms with E-state index >= 15 is 0 Å². The van der Waals surface area contributed by atoms with Crippen LogP contribution in [-0.4, -0.2) is 67.6 Å². The molecule has 0 aromatic carbocycles. The number of carboxylic acids is 1. The van der Waals surface area contributed by atoms with Crippen molar-refractivity contribution < 1.29 is 24.2 Å². The molecule has 2 amide bonds. The number of nitrogens with zero attached hydrogens (tertiary/aromatic N) is 1. The fourth-order valence-electron chi connectivity index (χ4n) is 1.97. The Hall–Kier alpha value is -1.34. The average Bonchev–Trinajstić information content (AvgIpc) is 2.42. The first-order chi connectivity index (χ1) is 9.65. The lowest BCUT2D eigenvalue weighted by Gasteiger charge is -2.34. The van der Waals surface area contributed by atoms with Gasteiger partial charge in [0.1, 0.15) is 0 Å². The maximum Gasteiger partial charge on any atom is 0.317 e. The Morgan fingerprint density at radius 3 is 2.95 bits per heavy atom. The predicted molar refractivity (Wildman–Crippen MR) is 72.7 cm³/mol. The molecule has 1 aliphatic heterocycles. The summed E-state index contributed by atoms with van der Waals surface area (Å²) in [5.41, 5.74) is 0. The molecule has 7 nitrogen and oxygen atoms in total. The van der Waals surface area contributed by atoms with Gasteiger partial charge in [-0.3, -0.25) is 4.79 Å². The highest BCUT2D eigenvalue weighted by Crippen LogP contribution is 2.10. The van der Waals surface area contributed by atoms with E-state index in [-0.39, 0.29) is 19.1 Å². The summed E-state index contributed by atoms with van der Waals surface area (Å²) in [6.45, 7) is 4.82. The topological polar surface area (TPSA) is 88.1 Å². The van der Waals surface area contributed by atoms with Gasteiger partial charge in [0, 0.05) is 19.7 Å². The van der Waals surface area contributed by atoms with Crippen molar-refractivity contribution in [3.05, 3.63) is 0 Å². The van der Waals surface area contributed by atoms with Gasteiger partial charge in [-0.2, -0.15) is 0 Å². The predicted octanol–water partition coefficient (Wildman–Crippen LogP) is 0.688. The molecule has 0 bridgehead atoms. The zero-order chi connectivity index (χ0) is 14.8. The number of hydrogen-bond acceptors (Lipinski definition) is 4. The molecule has 0 aromatic heterocycles. The molecule has 116 valence electrons. The Balaban J connectivity index is 2.26. The van der Waals surface area contributed by atoms with Crippen LogP contribution in [0.1, 0.15) is 26.2 Å². The molecule has 1 saturated heterocycles. The molecule has 0 aliphatic carbocycles. The van der Waals surface area contributed by atoms with Crippen LogP contribution >= 0.6 is 0 Å². The summed E-state index contributed by atoms with van der Waals surface area (Å²) < 4.78 is 10.6. The third-order valence-electron chi connectivity index (χ3n) is 3.06. The van der Waals surface area contributed by atoms with Crippen LogP contribution in [0, 0.1) is 0 Å². The number of ether oxygens (including phenoxy) is 2. The molecule has 1 aliphatic rings. The van der Waals surface area contributed by atoms with Crippen LogP contribution in [0.15, 0.2) is 0 Å². The summed E-state index contributed by atoms with van der Waals surface area (Å²) >= 11 is 0. The van der Waals surface area contributed by atoms with Crippen molar-refractivity contribution in [2.24, 2.45) is 0 Å². The van der Waals surface area contributed by atoms with Crippen LogP contribution in [0.3, 0.4) is 0 Å². The minimum Gasteiger partial charge on any atom is -0.481 e. The van der Waals surface area contributed by atoms with Crippen LogP contribution < -0.4 is 5.32 Å². The highest BCUT2D eigenvalue weighted by atomic mass is 16.5. The number of rotatable bonds is 8. The van der Waals surface area contributed by atoms with Crippen molar-refractivity contribution in [3.8, 4) is 0 Å². The highest BCUT2D eigenvalue weighted by molar-refractivity contribution is 5.76. The van der Waals surface area contributed by atoms with Gasteiger partial charge >= 0.3 is 12.0 Å². The van der Waals surface area contributed by atoms with Crippen LogP contribution in [0.5, 0.6) is 0 Å². The van der Waals surface area contributed by atoms with Crippen molar-refractivity contribution >= 4 is 12.0 Å². The number of carbonyl (C=O) groups excluding carboxylic acids is 1. The summed E-state index contributed by atoms with van der Waals surface area (Å²) in [5.74, 6) is -0.929. The van der Waals surface area contributed by atoms with E-state index in [0.717, 1.165) is 12.8 Å². The molecule has 1 atom stereocenters. The lowest BCUT2D eigenvalue weighted by molar-refractivity contribution is -0.139. The first-order valence-corrected chi connectivity index (χ1v) is 7.07. The van der Waals surface area contributed by atoms with Gasteiger partial charge in [0.15, 0.2) is 0 Å². The quantitative estimate of drug-likeness (QED) is 0.642. The number of hydrogen-bond donors (Lipinski definition) is 2. The Kier molecular flexibility index (Phi) is 7.98. The van der Waals surface area contributed by atoms with Gasteiger partial charge in [-0.15, -0.1) is 0 Å². The molecule has 1 unspecified atom stereocenters. The summed E-state index contributed by atoms with van der Waals surface area (Å²) in [6.07, 6.45) is 2.00. The third-order valence-corrected chi connectivity index (χ3v) is 3.06. The number of urea groups is 1. The Morgan fingerprint density at radius 2 is 2.25 bits per heavy atom. The van der Waals surface area contributed by atoms with Crippen molar-refractivity contribution in [1.82, 2.24) is 10.2 Å². The molecule has 1 fully saturated rings. The number of amides is 2. The van der Waals surface area contributed by atoms with Crippen LogP contribution in [0.25, 0.3) is 0 Å². The number of carboxylic acid groups (broad SMARTS) is 1. The lowest BCUT2D eigenvalue weighted by Crippen LogP contribution is -2.53. The van der Waals surface area contributed by atoms with E-state index in [1.165, 1.54) is 4.90 Å². The molecule has 1 heterocycles. The van der Waals surface area contributed by atoms with Gasteiger partial charge in [0.2, 0.25) is 0 Å². The van der Waals surface area contributed by atoms with Crippen LogP contribution in [0.2, 0.25) is 0 Å². The van der Waals surface area contributed by atoms with E-state index in [1.54, 1.807) is 0 Å². The fraction of sp³-hybridized carbons (Fsp3) is 0.846. The zero-order valence-electron chi connectivity index (χ0n) is 12.0. The normalized spacial score (nSPS) is 18.9. The summed E-state index contributed by atoms with van der Waals surface area (Å²) in [5, 5.41) is 11.6. The van der Waals surface area contributed by atoms with Crippen molar-refractivity contribution in [2.45, 2.75) is 32.2 Å². The van der Waals surface area contributed by atoms with Gasteiger partial charge in [-0.1, -0.05) is 13.3 Å². The third kappa shape index (κ3) is 6.21. The van der Waals surface area contributed by atoms with Crippen molar-refractivity contribution in [3.63, 3.8) is 0 Å². The van der Waals surface area contributed by atoms with Crippen molar-refractivity contribution in [1.29, 1.82) is 0 Å². The lowest BCUT2D eigenvalue weighted by atomic mass is 10.1. The van der Waals surface area contributed by atoms with Gasteiger partial charge in [-0.25, -0.2) is 4.79 Å². The monoisotopic (exact) mass is 288 g/mol. The minimum absolute atomic E-state index is 0.0968. The van der Waals surface area contributed by atoms with Crippen molar-refractivity contribution in [2.75, 3.05) is 39.5 Å². The van der Waals surface area contributed by atoms with E-state index in [1.807, 2.05) is 0 Å². The second-order valence-corrected chi connectivity index (χ2v) is 4.72. The fourth-order valence-corrected chi connectivity index (χ4v) is 1.97. The maximum absolute atomic E-state index is 12.0. The van der Waals surface area contributed by atoms with E-state index in [9.17, 15) is 9.59 Å². The number of unbranched alkanes of at least 4 members (excludes halogenated alkanes) is 1. The number of carbonyl (C=O) groups is 2. The van der Waals surface area contributed by atoms with Gasteiger partial charge in [0.05, 0.1) is 32.3 Å². The summed E-state index contributed by atoms with van der Waals surface area (Å²) in [7, 11) is 0. The number of morpholine rings is 1. The Bertz CT molecular complexity index is 311. The first-order valence-electron chi connectivity index (χ1n) is 7.07. The molecular weight excluding hydrogens is 264 g/mol. The maximum atomic E-state index is 12.0. The molecule has 2 N–H and O–H groups in total. The Labute approximate surface area is 119 Å². The molecule has 20 heavy (non-hydrogen) atoms. The van der Waals surface area contributed by atoms with E-state index in [2.05, 4.69) is 12.2 Å². The largest absolute Gasteiger partial charge is 0.481 e. The zero-order valence-corrected chi connectivity index (χ0v) is 12.0. The SMILES string of the molecule is CCCCOCCNC(=O)N1CCOCC1CC(=O)O.